The fourth-order valence-corrected chi connectivity index (χ4v) is 1.72. The summed E-state index contributed by atoms with van der Waals surface area (Å²) < 4.78 is 6.57. The van der Waals surface area contributed by atoms with Gasteiger partial charge in [-0.05, 0) is 26.1 Å². The molecular formula is C16H22N2O3. The Kier molecular flexibility index (Phi) is 6.70. The molecule has 1 aromatic rings. The summed E-state index contributed by atoms with van der Waals surface area (Å²) in [5, 5.41) is 0. The predicted molar refractivity (Wildman–Crippen MR) is 82.1 cm³/mol. The summed E-state index contributed by atoms with van der Waals surface area (Å²) in [5.74, 6) is 5.44. The highest BCUT2D eigenvalue weighted by Gasteiger charge is 2.11. The minimum absolute atomic E-state index is 0.168. The van der Waals surface area contributed by atoms with E-state index >= 15 is 0 Å². The van der Waals surface area contributed by atoms with E-state index < -0.39 is 12.1 Å². The predicted octanol–water partition coefficient (Wildman–Crippen LogP) is 1.28. The van der Waals surface area contributed by atoms with Crippen LogP contribution in [0.2, 0.25) is 0 Å². The molecule has 5 nitrogen and oxygen atoms in total. The number of aromatic nitrogens is 1. The van der Waals surface area contributed by atoms with Crippen LogP contribution in [0.15, 0.2) is 23.1 Å². The van der Waals surface area contributed by atoms with Crippen molar-refractivity contribution in [3.05, 3.63) is 34.2 Å². The Morgan fingerprint density at radius 2 is 2.05 bits per heavy atom. The smallest absolute Gasteiger partial charge is 0.340 e. The van der Waals surface area contributed by atoms with E-state index in [9.17, 15) is 9.59 Å². The molecule has 0 N–H and O–H groups in total. The third kappa shape index (κ3) is 5.44. The van der Waals surface area contributed by atoms with Crippen LogP contribution in [0.1, 0.15) is 31.1 Å². The molecule has 0 radical (unpaired) electrons. The summed E-state index contributed by atoms with van der Waals surface area (Å²) in [4.78, 5) is 25.3. The maximum atomic E-state index is 11.9. The first-order valence-corrected chi connectivity index (χ1v) is 7.06. The van der Waals surface area contributed by atoms with Crippen molar-refractivity contribution >= 4 is 5.97 Å². The van der Waals surface area contributed by atoms with E-state index in [4.69, 9.17) is 4.74 Å². The number of rotatable bonds is 5. The van der Waals surface area contributed by atoms with Crippen LogP contribution in [0.3, 0.4) is 0 Å². The van der Waals surface area contributed by atoms with Crippen LogP contribution < -0.4 is 5.56 Å². The highest BCUT2D eigenvalue weighted by molar-refractivity contribution is 5.89. The fraction of sp³-hybridized carbons (Fsp3) is 0.500. The number of nitrogens with zero attached hydrogens (tertiary/aromatic N) is 2. The number of carbonyl (C=O) groups excluding carboxylic acids is 1. The first-order valence-electron chi connectivity index (χ1n) is 7.06. The van der Waals surface area contributed by atoms with Crippen LogP contribution in [0.4, 0.5) is 0 Å². The van der Waals surface area contributed by atoms with Crippen molar-refractivity contribution in [3.8, 4) is 11.8 Å². The van der Waals surface area contributed by atoms with Gasteiger partial charge in [-0.3, -0.25) is 9.69 Å². The zero-order valence-electron chi connectivity index (χ0n) is 13.0. The molecule has 0 spiro atoms. The van der Waals surface area contributed by atoms with Crippen LogP contribution in [0.5, 0.6) is 0 Å². The largest absolute Gasteiger partial charge is 0.446 e. The molecule has 0 saturated heterocycles. The summed E-state index contributed by atoms with van der Waals surface area (Å²) in [5.41, 5.74) is 0.174. The van der Waals surface area contributed by atoms with Crippen molar-refractivity contribution in [1.29, 1.82) is 0 Å². The van der Waals surface area contributed by atoms with Gasteiger partial charge in [-0.2, -0.15) is 0 Å². The monoisotopic (exact) mass is 290 g/mol. The molecule has 21 heavy (non-hydrogen) atoms. The first-order chi connectivity index (χ1) is 9.97. The summed E-state index contributed by atoms with van der Waals surface area (Å²) >= 11 is 0. The zero-order valence-corrected chi connectivity index (χ0v) is 13.0. The lowest BCUT2D eigenvalue weighted by molar-refractivity contribution is 0.0437. The van der Waals surface area contributed by atoms with Crippen molar-refractivity contribution in [1.82, 2.24) is 9.47 Å². The van der Waals surface area contributed by atoms with Gasteiger partial charge < -0.3 is 9.30 Å². The molecule has 0 saturated carbocycles. The van der Waals surface area contributed by atoms with E-state index in [1.807, 2.05) is 0 Å². The quantitative estimate of drug-likeness (QED) is 0.605. The third-order valence-corrected chi connectivity index (χ3v) is 3.11. The second-order valence-electron chi connectivity index (χ2n) is 4.70. The Hall–Kier alpha value is -2.06. The molecule has 0 fully saturated rings. The van der Waals surface area contributed by atoms with Crippen LogP contribution >= 0.6 is 0 Å². The highest BCUT2D eigenvalue weighted by atomic mass is 16.5. The molecule has 0 aliphatic carbocycles. The normalized spacial score (nSPS) is 11.7. The van der Waals surface area contributed by atoms with E-state index in [0.717, 1.165) is 13.1 Å². The summed E-state index contributed by atoms with van der Waals surface area (Å²) in [6, 6.07) is 2.80. The molecule has 0 unspecified atom stereocenters. The molecule has 0 bridgehead atoms. The SMILES string of the molecule is CCN(CC)CC#C[C@H](C)OC(=O)c1ccc(=O)n(C)c1. The molecule has 1 heterocycles. The van der Waals surface area contributed by atoms with E-state index in [-0.39, 0.29) is 5.56 Å². The number of esters is 1. The third-order valence-electron chi connectivity index (χ3n) is 3.11. The van der Waals surface area contributed by atoms with Gasteiger partial charge in [0.1, 0.15) is 0 Å². The Bertz CT molecular complexity index is 592. The number of hydrogen-bond acceptors (Lipinski definition) is 4. The van der Waals surface area contributed by atoms with Gasteiger partial charge in [0.05, 0.1) is 12.1 Å². The minimum atomic E-state index is -0.481. The van der Waals surface area contributed by atoms with Gasteiger partial charge in [-0.1, -0.05) is 25.7 Å². The van der Waals surface area contributed by atoms with E-state index in [1.54, 1.807) is 14.0 Å². The maximum absolute atomic E-state index is 11.9. The van der Waals surface area contributed by atoms with Crippen LogP contribution in [-0.4, -0.2) is 41.2 Å². The standard InChI is InChI=1S/C16H22N2O3/c1-5-18(6-2)11-7-8-13(3)21-16(20)14-9-10-15(19)17(4)12-14/h9-10,12-13H,5-6,11H2,1-4H3/t13-/m0/s1. The molecule has 1 atom stereocenters. The average Bonchev–Trinajstić information content (AvgIpc) is 2.46. The number of aryl methyl sites for hydroxylation is 1. The van der Waals surface area contributed by atoms with Gasteiger partial charge in [0, 0.05) is 19.3 Å². The Morgan fingerprint density at radius 1 is 1.38 bits per heavy atom. The van der Waals surface area contributed by atoms with E-state index in [2.05, 4.69) is 30.6 Å². The zero-order chi connectivity index (χ0) is 15.8. The van der Waals surface area contributed by atoms with Gasteiger partial charge in [0.25, 0.3) is 0 Å². The summed E-state index contributed by atoms with van der Waals surface area (Å²) in [6.45, 7) is 8.43. The second-order valence-corrected chi connectivity index (χ2v) is 4.70. The molecule has 0 aliphatic heterocycles. The van der Waals surface area contributed by atoms with Crippen molar-refractivity contribution < 1.29 is 9.53 Å². The lowest BCUT2D eigenvalue weighted by atomic mass is 10.3. The van der Waals surface area contributed by atoms with Gasteiger partial charge in [-0.15, -0.1) is 0 Å². The van der Waals surface area contributed by atoms with Crippen molar-refractivity contribution in [3.63, 3.8) is 0 Å². The molecule has 0 aromatic carbocycles. The van der Waals surface area contributed by atoms with Gasteiger partial charge >= 0.3 is 5.97 Å². The van der Waals surface area contributed by atoms with Gasteiger partial charge in [0.15, 0.2) is 6.10 Å². The Balaban J connectivity index is 2.60. The van der Waals surface area contributed by atoms with Crippen LogP contribution in [0.25, 0.3) is 0 Å². The molecule has 1 rings (SSSR count). The van der Waals surface area contributed by atoms with E-state index in [1.165, 1.54) is 22.9 Å². The van der Waals surface area contributed by atoms with Crippen LogP contribution in [0, 0.1) is 11.8 Å². The van der Waals surface area contributed by atoms with Crippen molar-refractivity contribution in [2.24, 2.45) is 7.05 Å². The highest BCUT2D eigenvalue weighted by Crippen LogP contribution is 2.01. The molecular weight excluding hydrogens is 268 g/mol. The Morgan fingerprint density at radius 3 is 2.62 bits per heavy atom. The average molecular weight is 290 g/mol. The Labute approximate surface area is 125 Å². The lowest BCUT2D eigenvalue weighted by Crippen LogP contribution is -2.23. The van der Waals surface area contributed by atoms with Crippen molar-refractivity contribution in [2.45, 2.75) is 26.9 Å². The van der Waals surface area contributed by atoms with Crippen LogP contribution in [-0.2, 0) is 11.8 Å². The van der Waals surface area contributed by atoms with Gasteiger partial charge in [-0.25, -0.2) is 4.79 Å². The maximum Gasteiger partial charge on any atom is 0.340 e. The topological polar surface area (TPSA) is 51.5 Å². The number of ether oxygens (including phenoxy) is 1. The van der Waals surface area contributed by atoms with E-state index in [0.29, 0.717) is 12.1 Å². The molecule has 1 aromatic heterocycles. The molecule has 5 heteroatoms. The number of pyridine rings is 1. The summed E-state index contributed by atoms with van der Waals surface area (Å²) in [6.07, 6.45) is 0.978. The first kappa shape index (κ1) is 17.0. The fourth-order valence-electron chi connectivity index (χ4n) is 1.72. The second kappa shape index (κ2) is 8.28. The molecule has 0 amide bonds. The molecule has 0 aliphatic rings. The summed E-state index contributed by atoms with van der Waals surface area (Å²) in [7, 11) is 1.59. The number of hydrogen-bond donors (Lipinski definition) is 0. The van der Waals surface area contributed by atoms with Gasteiger partial charge in [0.2, 0.25) is 5.56 Å². The molecule has 114 valence electrons. The van der Waals surface area contributed by atoms with Crippen molar-refractivity contribution in [2.75, 3.05) is 19.6 Å². The number of carbonyl (C=O) groups is 1. The minimum Gasteiger partial charge on any atom is -0.446 e. The lowest BCUT2D eigenvalue weighted by Gasteiger charge is -2.13.